The Labute approximate surface area is 118 Å². The average molecular weight is 277 g/mol. The molecule has 0 aromatic carbocycles. The van der Waals surface area contributed by atoms with E-state index in [0.29, 0.717) is 5.84 Å². The van der Waals surface area contributed by atoms with E-state index in [1.165, 1.54) is 12.2 Å². The fourth-order valence-corrected chi connectivity index (χ4v) is 1.05. The minimum Gasteiger partial charge on any atom is -0.465 e. The first-order valence-corrected chi connectivity index (χ1v) is 6.08. The van der Waals surface area contributed by atoms with Crippen LogP contribution in [0.3, 0.4) is 0 Å². The Morgan fingerprint density at radius 3 is 2.50 bits per heavy atom. The van der Waals surface area contributed by atoms with Crippen LogP contribution in [0.5, 0.6) is 0 Å². The Balaban J connectivity index is 4.78. The molecule has 1 atom stereocenters. The lowest BCUT2D eigenvalue weighted by molar-refractivity contribution is -0.143. The van der Waals surface area contributed by atoms with E-state index >= 15 is 0 Å². The highest BCUT2D eigenvalue weighted by atomic mass is 16.5. The highest BCUT2D eigenvalue weighted by Gasteiger charge is 2.22. The maximum Gasteiger partial charge on any atom is 0.329 e. The van der Waals surface area contributed by atoms with Crippen LogP contribution < -0.4 is 5.73 Å². The zero-order valence-electron chi connectivity index (χ0n) is 11.8. The van der Waals surface area contributed by atoms with Gasteiger partial charge in [0.25, 0.3) is 0 Å². The Morgan fingerprint density at radius 1 is 1.45 bits per heavy atom. The second-order valence-electron chi connectivity index (χ2n) is 4.18. The van der Waals surface area contributed by atoms with Gasteiger partial charge in [0, 0.05) is 5.92 Å². The summed E-state index contributed by atoms with van der Waals surface area (Å²) in [5, 5.41) is 24.0. The fraction of sp³-hybridized carbons (Fsp3) is 0.462. The number of amidine groups is 2. The zero-order chi connectivity index (χ0) is 15.7. The molecule has 0 aliphatic carbocycles. The smallest absolute Gasteiger partial charge is 0.329 e. The summed E-state index contributed by atoms with van der Waals surface area (Å²) in [4.78, 5) is 15.2. The molecule has 0 rings (SSSR count). The molecule has 0 spiro atoms. The Morgan fingerprint density at radius 2 is 2.05 bits per heavy atom. The van der Waals surface area contributed by atoms with Gasteiger partial charge < -0.3 is 15.9 Å². The number of nitriles is 1. The molecule has 0 amide bonds. The summed E-state index contributed by atoms with van der Waals surface area (Å²) in [6, 6.07) is 1.69. The van der Waals surface area contributed by atoms with Crippen LogP contribution >= 0.6 is 0 Å². The van der Waals surface area contributed by atoms with Crippen LogP contribution in [0.1, 0.15) is 20.8 Å². The molecule has 0 saturated carbocycles. The molecule has 7 heteroatoms. The van der Waals surface area contributed by atoms with Crippen LogP contribution in [-0.4, -0.2) is 30.0 Å². The summed E-state index contributed by atoms with van der Waals surface area (Å²) in [5.41, 5.74) is 5.34. The predicted octanol–water partition coefficient (Wildman–Crippen LogP) is 1.26. The summed E-state index contributed by atoms with van der Waals surface area (Å²) in [6.07, 6.45) is 2.38. The second-order valence-corrected chi connectivity index (χ2v) is 4.18. The summed E-state index contributed by atoms with van der Waals surface area (Å²) >= 11 is 0. The largest absolute Gasteiger partial charge is 0.465 e. The number of ether oxygens (including phenoxy) is 1. The molecule has 4 N–H and O–H groups in total. The van der Waals surface area contributed by atoms with Gasteiger partial charge in [0.05, 0.1) is 18.4 Å². The van der Waals surface area contributed by atoms with E-state index in [1.54, 1.807) is 13.0 Å². The van der Waals surface area contributed by atoms with Gasteiger partial charge in [-0.1, -0.05) is 13.8 Å². The van der Waals surface area contributed by atoms with Crippen LogP contribution in [-0.2, 0) is 9.53 Å². The van der Waals surface area contributed by atoms with Gasteiger partial charge in [0.15, 0.2) is 5.92 Å². The van der Waals surface area contributed by atoms with Gasteiger partial charge in [-0.25, -0.2) is 4.99 Å². The first-order chi connectivity index (χ1) is 9.33. The van der Waals surface area contributed by atoms with Crippen LogP contribution in [0.4, 0.5) is 0 Å². The topological polar surface area (TPSA) is 136 Å². The number of aliphatic imine (C=N–C) groups is 1. The number of nitrogens with one attached hydrogen (secondary N) is 2. The van der Waals surface area contributed by atoms with Crippen molar-refractivity contribution in [2.45, 2.75) is 20.8 Å². The monoisotopic (exact) mass is 277 g/mol. The molecule has 0 aromatic rings. The summed E-state index contributed by atoms with van der Waals surface area (Å²) in [7, 11) is 0. The van der Waals surface area contributed by atoms with Crippen molar-refractivity contribution >= 4 is 23.4 Å². The van der Waals surface area contributed by atoms with E-state index < -0.39 is 11.9 Å². The normalized spacial score (nSPS) is 13.1. The average Bonchev–Trinajstić information content (AvgIpc) is 2.37. The number of allylic oxidation sites excluding steroid dienone is 1. The number of hydrogen-bond donors (Lipinski definition) is 3. The molecule has 0 aliphatic heterocycles. The predicted molar refractivity (Wildman–Crippen MR) is 76.8 cm³/mol. The molecule has 0 fully saturated rings. The number of carbonyl (C=O) groups is 1. The van der Waals surface area contributed by atoms with Crippen LogP contribution in [0.15, 0.2) is 17.1 Å². The minimum atomic E-state index is -1.30. The van der Waals surface area contributed by atoms with Gasteiger partial charge in [0.1, 0.15) is 11.7 Å². The zero-order valence-corrected chi connectivity index (χ0v) is 11.8. The van der Waals surface area contributed by atoms with Crippen LogP contribution in [0.25, 0.3) is 0 Å². The lowest BCUT2D eigenvalue weighted by Gasteiger charge is -2.06. The Kier molecular flexibility index (Phi) is 7.52. The van der Waals surface area contributed by atoms with Crippen molar-refractivity contribution in [2.75, 3.05) is 6.61 Å². The molecule has 0 bridgehead atoms. The van der Waals surface area contributed by atoms with Gasteiger partial charge in [-0.05, 0) is 19.1 Å². The lowest BCUT2D eigenvalue weighted by atomic mass is 10.1. The number of carbonyl (C=O) groups excluding carboxylic acids is 1. The van der Waals surface area contributed by atoms with Crippen molar-refractivity contribution in [2.24, 2.45) is 22.6 Å². The number of nitrogens with two attached hydrogens (primary N) is 1. The van der Waals surface area contributed by atoms with E-state index in [4.69, 9.17) is 21.8 Å². The van der Waals surface area contributed by atoms with Gasteiger partial charge in [-0.3, -0.25) is 10.2 Å². The number of esters is 1. The SMILES string of the molecule is CCOC(=O)C(C#N)C(=N)/C=C\C(=N)N=C(N)C(C)C. The molecular formula is C13H19N5O2. The second kappa shape index (κ2) is 8.58. The van der Waals surface area contributed by atoms with Gasteiger partial charge in [-0.15, -0.1) is 0 Å². The number of hydrogen-bond acceptors (Lipinski definition) is 5. The standard InChI is InChI=1S/C13H19N5O2/c1-4-20-13(19)9(7-14)10(15)5-6-11(16)18-12(17)8(2)3/h5-6,8-9,15H,4H2,1-3H3,(H3,16,17,18)/b6-5-,15-10?. The molecule has 7 nitrogen and oxygen atoms in total. The maximum atomic E-state index is 11.4. The van der Waals surface area contributed by atoms with Gasteiger partial charge >= 0.3 is 5.97 Å². The minimum absolute atomic E-state index is 0.00888. The molecular weight excluding hydrogens is 258 g/mol. The maximum absolute atomic E-state index is 11.4. The van der Waals surface area contributed by atoms with Crippen molar-refractivity contribution < 1.29 is 9.53 Å². The molecule has 20 heavy (non-hydrogen) atoms. The number of nitrogens with zero attached hydrogens (tertiary/aromatic N) is 2. The molecule has 1 unspecified atom stereocenters. The molecule has 0 radical (unpaired) electrons. The van der Waals surface area contributed by atoms with E-state index in [2.05, 4.69) is 9.73 Å². The third-order valence-electron chi connectivity index (χ3n) is 2.22. The van der Waals surface area contributed by atoms with E-state index in [9.17, 15) is 4.79 Å². The fourth-order valence-electron chi connectivity index (χ4n) is 1.05. The quantitative estimate of drug-likeness (QED) is 0.382. The first-order valence-electron chi connectivity index (χ1n) is 6.08. The molecule has 0 heterocycles. The van der Waals surface area contributed by atoms with Gasteiger partial charge in [0.2, 0.25) is 0 Å². The van der Waals surface area contributed by atoms with Crippen molar-refractivity contribution in [1.29, 1.82) is 16.1 Å². The number of rotatable bonds is 6. The Hall–Kier alpha value is -2.49. The summed E-state index contributed by atoms with van der Waals surface area (Å²) in [5.74, 6) is -1.92. The lowest BCUT2D eigenvalue weighted by Crippen LogP contribution is -2.23. The Bertz CT molecular complexity index is 485. The molecule has 0 aromatic heterocycles. The first kappa shape index (κ1) is 17.5. The van der Waals surface area contributed by atoms with E-state index in [0.717, 1.165) is 0 Å². The van der Waals surface area contributed by atoms with E-state index in [1.807, 2.05) is 13.8 Å². The molecule has 0 saturated heterocycles. The van der Waals surface area contributed by atoms with E-state index in [-0.39, 0.29) is 24.1 Å². The van der Waals surface area contributed by atoms with Crippen molar-refractivity contribution in [3.63, 3.8) is 0 Å². The summed E-state index contributed by atoms with van der Waals surface area (Å²) in [6.45, 7) is 5.43. The van der Waals surface area contributed by atoms with Gasteiger partial charge in [-0.2, -0.15) is 5.26 Å². The summed E-state index contributed by atoms with van der Waals surface area (Å²) < 4.78 is 4.68. The van der Waals surface area contributed by atoms with Crippen molar-refractivity contribution in [3.8, 4) is 6.07 Å². The third kappa shape index (κ3) is 5.91. The molecule has 0 aliphatic rings. The highest BCUT2D eigenvalue weighted by Crippen LogP contribution is 2.03. The van der Waals surface area contributed by atoms with Crippen LogP contribution in [0, 0.1) is 34.0 Å². The van der Waals surface area contributed by atoms with Crippen molar-refractivity contribution in [3.05, 3.63) is 12.2 Å². The molecule has 108 valence electrons. The third-order valence-corrected chi connectivity index (χ3v) is 2.22. The van der Waals surface area contributed by atoms with Crippen LogP contribution in [0.2, 0.25) is 0 Å². The van der Waals surface area contributed by atoms with Crippen molar-refractivity contribution in [1.82, 2.24) is 0 Å². The highest BCUT2D eigenvalue weighted by molar-refractivity contribution is 6.12.